The first-order valence-electron chi connectivity index (χ1n) is 9.21. The van der Waals surface area contributed by atoms with Crippen LogP contribution in [0.1, 0.15) is 56.1 Å². The average Bonchev–Trinajstić information content (AvgIpc) is 3.20. The standard InChI is InChI=1S/C20H24ClF3O4/c1-28-19(26)17(21)16(25)11-20(27,13-4-2-3-5-13)9-8-12-6-7-14(18(23)24)15(22)10-12/h6-7,10,13,17-18,27H,2-5,8-9,11H2,1H3. The monoisotopic (exact) mass is 420 g/mol. The van der Waals surface area contributed by atoms with Gasteiger partial charge in [0.15, 0.2) is 11.2 Å². The number of Topliss-reactive ketones (excluding diaryl/α,β-unsaturated/α-hetero) is 1. The van der Waals surface area contributed by atoms with Crippen molar-refractivity contribution in [3.63, 3.8) is 0 Å². The third-order valence-corrected chi connectivity index (χ3v) is 5.85. The Hall–Kier alpha value is -1.60. The van der Waals surface area contributed by atoms with Crippen LogP contribution in [0.15, 0.2) is 18.2 Å². The first-order valence-corrected chi connectivity index (χ1v) is 9.65. The van der Waals surface area contributed by atoms with Gasteiger partial charge in [0, 0.05) is 6.42 Å². The van der Waals surface area contributed by atoms with E-state index in [-0.39, 0.29) is 25.2 Å². The van der Waals surface area contributed by atoms with Gasteiger partial charge in [0.05, 0.1) is 18.3 Å². The summed E-state index contributed by atoms with van der Waals surface area (Å²) < 4.78 is 43.6. The molecule has 0 heterocycles. The number of ether oxygens (including phenoxy) is 1. The molecule has 0 saturated heterocycles. The molecular formula is C20H24ClF3O4. The molecule has 0 aliphatic heterocycles. The summed E-state index contributed by atoms with van der Waals surface area (Å²) >= 11 is 5.82. The van der Waals surface area contributed by atoms with Gasteiger partial charge in [-0.3, -0.25) is 4.79 Å². The van der Waals surface area contributed by atoms with E-state index in [4.69, 9.17) is 11.6 Å². The topological polar surface area (TPSA) is 63.6 Å². The van der Waals surface area contributed by atoms with Crippen LogP contribution in [0.25, 0.3) is 0 Å². The number of benzene rings is 1. The normalized spacial score (nSPS) is 18.1. The number of ketones is 1. The summed E-state index contributed by atoms with van der Waals surface area (Å²) in [5, 5.41) is 9.71. The Morgan fingerprint density at radius 3 is 2.50 bits per heavy atom. The zero-order valence-electron chi connectivity index (χ0n) is 15.6. The largest absolute Gasteiger partial charge is 0.468 e. The molecular weight excluding hydrogens is 397 g/mol. The molecule has 0 amide bonds. The van der Waals surface area contributed by atoms with Gasteiger partial charge in [-0.1, -0.05) is 25.0 Å². The second-order valence-corrected chi connectivity index (χ2v) is 7.71. The van der Waals surface area contributed by atoms with Gasteiger partial charge in [-0.25, -0.2) is 18.0 Å². The van der Waals surface area contributed by atoms with Crippen molar-refractivity contribution in [2.45, 2.75) is 62.3 Å². The van der Waals surface area contributed by atoms with Gasteiger partial charge in [0.25, 0.3) is 6.43 Å². The van der Waals surface area contributed by atoms with E-state index in [2.05, 4.69) is 4.74 Å². The Morgan fingerprint density at radius 1 is 1.32 bits per heavy atom. The maximum Gasteiger partial charge on any atom is 0.331 e. The molecule has 1 N–H and O–H groups in total. The minimum Gasteiger partial charge on any atom is -0.468 e. The van der Waals surface area contributed by atoms with Gasteiger partial charge in [0.1, 0.15) is 5.82 Å². The fraction of sp³-hybridized carbons (Fsp3) is 0.600. The highest BCUT2D eigenvalue weighted by Gasteiger charge is 2.42. The van der Waals surface area contributed by atoms with Crippen LogP contribution < -0.4 is 0 Å². The number of aryl methyl sites for hydroxylation is 1. The summed E-state index contributed by atoms with van der Waals surface area (Å²) in [4.78, 5) is 23.9. The zero-order valence-corrected chi connectivity index (χ0v) is 16.4. The van der Waals surface area contributed by atoms with Crippen LogP contribution in [-0.2, 0) is 20.7 Å². The lowest BCUT2D eigenvalue weighted by Gasteiger charge is -2.34. The van der Waals surface area contributed by atoms with E-state index in [9.17, 15) is 27.9 Å². The van der Waals surface area contributed by atoms with Gasteiger partial charge in [-0.2, -0.15) is 0 Å². The molecule has 4 nitrogen and oxygen atoms in total. The van der Waals surface area contributed by atoms with E-state index in [1.165, 1.54) is 6.07 Å². The lowest BCUT2D eigenvalue weighted by Crippen LogP contribution is -2.42. The van der Waals surface area contributed by atoms with Crippen LogP contribution in [0.3, 0.4) is 0 Å². The van der Waals surface area contributed by atoms with E-state index in [1.807, 2.05) is 0 Å². The lowest BCUT2D eigenvalue weighted by atomic mass is 9.77. The minimum atomic E-state index is -2.90. The van der Waals surface area contributed by atoms with Crippen molar-refractivity contribution < 1.29 is 32.6 Å². The number of alkyl halides is 3. The Labute approximate surface area is 167 Å². The number of halogens is 4. The molecule has 1 aromatic rings. The average molecular weight is 421 g/mol. The van der Waals surface area contributed by atoms with E-state index in [0.717, 1.165) is 44.9 Å². The fourth-order valence-electron chi connectivity index (χ4n) is 3.79. The number of rotatable bonds is 9. The predicted octanol–water partition coefficient (Wildman–Crippen LogP) is 4.36. The third-order valence-electron chi connectivity index (χ3n) is 5.43. The van der Waals surface area contributed by atoms with Crippen molar-refractivity contribution in [3.05, 3.63) is 35.1 Å². The number of esters is 1. The first-order chi connectivity index (χ1) is 13.2. The van der Waals surface area contributed by atoms with Crippen LogP contribution in [0, 0.1) is 11.7 Å². The number of carbonyl (C=O) groups excluding carboxylic acids is 2. The summed E-state index contributed by atoms with van der Waals surface area (Å²) in [6.07, 6.45) is 0.398. The second kappa shape index (κ2) is 9.74. The number of methoxy groups -OCH3 is 1. The van der Waals surface area contributed by atoms with Gasteiger partial charge in [-0.15, -0.1) is 11.6 Å². The number of hydrogen-bond donors (Lipinski definition) is 1. The Kier molecular flexibility index (Phi) is 7.89. The molecule has 8 heteroatoms. The maximum atomic E-state index is 13.8. The summed E-state index contributed by atoms with van der Waals surface area (Å²) in [6.45, 7) is 0. The van der Waals surface area contributed by atoms with Gasteiger partial charge in [-0.05, 0) is 43.2 Å². The van der Waals surface area contributed by atoms with Crippen molar-refractivity contribution in [3.8, 4) is 0 Å². The highest BCUT2D eigenvalue weighted by Crippen LogP contribution is 2.39. The number of aliphatic hydroxyl groups is 1. The van der Waals surface area contributed by atoms with Crippen LogP contribution in [-0.4, -0.2) is 34.9 Å². The predicted molar refractivity (Wildman–Crippen MR) is 97.9 cm³/mol. The molecule has 2 atom stereocenters. The molecule has 1 fully saturated rings. The van der Waals surface area contributed by atoms with E-state index >= 15 is 0 Å². The quantitative estimate of drug-likeness (QED) is 0.366. The number of hydrogen-bond acceptors (Lipinski definition) is 4. The molecule has 0 aromatic heterocycles. The molecule has 2 unspecified atom stereocenters. The first kappa shape index (κ1) is 22.7. The zero-order chi connectivity index (χ0) is 20.9. The van der Waals surface area contributed by atoms with E-state index in [0.29, 0.717) is 5.56 Å². The molecule has 1 saturated carbocycles. The van der Waals surface area contributed by atoms with Crippen LogP contribution >= 0.6 is 11.6 Å². The van der Waals surface area contributed by atoms with Gasteiger partial charge in [0.2, 0.25) is 0 Å². The van der Waals surface area contributed by atoms with Gasteiger partial charge < -0.3 is 9.84 Å². The van der Waals surface area contributed by atoms with Crippen molar-refractivity contribution in [2.75, 3.05) is 7.11 Å². The Balaban J connectivity index is 2.13. The van der Waals surface area contributed by atoms with Crippen molar-refractivity contribution in [1.82, 2.24) is 0 Å². The van der Waals surface area contributed by atoms with Crippen molar-refractivity contribution in [1.29, 1.82) is 0 Å². The number of carbonyl (C=O) groups is 2. The fourth-order valence-corrected chi connectivity index (χ4v) is 3.96. The highest BCUT2D eigenvalue weighted by molar-refractivity contribution is 6.41. The summed E-state index contributed by atoms with van der Waals surface area (Å²) in [6, 6.07) is 3.44. The third kappa shape index (κ3) is 5.47. The van der Waals surface area contributed by atoms with E-state index in [1.54, 1.807) is 0 Å². The molecule has 1 aromatic carbocycles. The van der Waals surface area contributed by atoms with E-state index < -0.39 is 40.5 Å². The molecule has 1 aliphatic rings. The van der Waals surface area contributed by atoms with Crippen molar-refractivity contribution >= 4 is 23.4 Å². The van der Waals surface area contributed by atoms with Gasteiger partial charge >= 0.3 is 5.97 Å². The Morgan fingerprint density at radius 2 is 1.96 bits per heavy atom. The molecule has 0 radical (unpaired) electrons. The SMILES string of the molecule is COC(=O)C(Cl)C(=O)CC(O)(CCc1ccc(C(F)F)c(F)c1)C1CCCC1. The minimum absolute atomic E-state index is 0.127. The maximum absolute atomic E-state index is 13.8. The second-order valence-electron chi connectivity index (χ2n) is 7.27. The van der Waals surface area contributed by atoms with Crippen molar-refractivity contribution in [2.24, 2.45) is 5.92 Å². The molecule has 156 valence electrons. The smallest absolute Gasteiger partial charge is 0.331 e. The molecule has 28 heavy (non-hydrogen) atoms. The molecule has 2 rings (SSSR count). The molecule has 1 aliphatic carbocycles. The van der Waals surface area contributed by atoms with Crippen LogP contribution in [0.2, 0.25) is 0 Å². The van der Waals surface area contributed by atoms with Crippen LogP contribution in [0.4, 0.5) is 13.2 Å². The summed E-state index contributed by atoms with van der Waals surface area (Å²) in [5.41, 5.74) is -1.64. The lowest BCUT2D eigenvalue weighted by molar-refractivity contribution is -0.144. The summed E-state index contributed by atoms with van der Waals surface area (Å²) in [7, 11) is 1.12. The summed E-state index contributed by atoms with van der Waals surface area (Å²) in [5.74, 6) is -2.67. The highest BCUT2D eigenvalue weighted by atomic mass is 35.5. The molecule has 0 bridgehead atoms. The molecule has 0 spiro atoms. The van der Waals surface area contributed by atoms with Crippen LogP contribution in [0.5, 0.6) is 0 Å². The Bertz CT molecular complexity index is 707.